The first-order valence-corrected chi connectivity index (χ1v) is 9.86. The highest BCUT2D eigenvalue weighted by atomic mass is 19.1. The van der Waals surface area contributed by atoms with Crippen molar-refractivity contribution < 1.29 is 18.4 Å². The molecule has 2 aliphatic rings. The molecule has 5 rings (SSSR count). The Morgan fingerprint density at radius 1 is 0.800 bits per heavy atom. The highest BCUT2D eigenvalue weighted by Crippen LogP contribution is 2.58. The standard InChI is InChI=1S/C23H19F2N3O2/c24-16-5-3-14(8-18(16)26-10-29)22-20-12-1-2-13(7-12)21(20)23(28-22)15-4-6-17(25)19(9-15)27-11-30/h3-6,8-13,28H,1-2,7H2,(H,26,29)(H,27,30)/t12-,13+. The third-order valence-corrected chi connectivity index (χ3v) is 6.27. The van der Waals surface area contributed by atoms with Gasteiger partial charge < -0.3 is 15.6 Å². The molecule has 5 nitrogen and oxygen atoms in total. The third-order valence-electron chi connectivity index (χ3n) is 6.27. The summed E-state index contributed by atoms with van der Waals surface area (Å²) >= 11 is 0. The molecule has 1 heterocycles. The van der Waals surface area contributed by atoms with Gasteiger partial charge in [-0.1, -0.05) is 0 Å². The van der Waals surface area contributed by atoms with Crippen LogP contribution in [0.3, 0.4) is 0 Å². The molecule has 30 heavy (non-hydrogen) atoms. The molecule has 2 amide bonds. The van der Waals surface area contributed by atoms with Crippen LogP contribution in [-0.4, -0.2) is 17.8 Å². The second-order valence-electron chi connectivity index (χ2n) is 7.82. The van der Waals surface area contributed by atoms with Crippen LogP contribution in [0, 0.1) is 11.6 Å². The van der Waals surface area contributed by atoms with Crippen LogP contribution in [0.2, 0.25) is 0 Å². The van der Waals surface area contributed by atoms with E-state index < -0.39 is 11.6 Å². The Balaban J connectivity index is 1.68. The highest BCUT2D eigenvalue weighted by Gasteiger charge is 2.42. The number of halogens is 2. The fraction of sp³-hybridized carbons (Fsp3) is 0.217. The number of rotatable bonds is 6. The molecule has 0 unspecified atom stereocenters. The van der Waals surface area contributed by atoms with Crippen LogP contribution in [-0.2, 0) is 9.59 Å². The molecule has 0 spiro atoms. The van der Waals surface area contributed by atoms with E-state index in [2.05, 4.69) is 15.6 Å². The topological polar surface area (TPSA) is 74.0 Å². The van der Waals surface area contributed by atoms with Crippen molar-refractivity contribution >= 4 is 24.2 Å². The summed E-state index contributed by atoms with van der Waals surface area (Å²) in [6, 6.07) is 9.30. The van der Waals surface area contributed by atoms with Crippen LogP contribution in [0.25, 0.3) is 22.5 Å². The van der Waals surface area contributed by atoms with E-state index in [0.717, 1.165) is 41.8 Å². The van der Waals surface area contributed by atoms with Gasteiger partial charge in [-0.3, -0.25) is 9.59 Å². The Morgan fingerprint density at radius 3 is 1.70 bits per heavy atom. The number of H-pyrrole nitrogens is 1. The fourth-order valence-corrected chi connectivity index (χ4v) is 5.05. The number of anilines is 2. The predicted molar refractivity (Wildman–Crippen MR) is 110 cm³/mol. The summed E-state index contributed by atoms with van der Waals surface area (Å²) in [6.45, 7) is 0. The minimum Gasteiger partial charge on any atom is -0.354 e. The van der Waals surface area contributed by atoms with Crippen molar-refractivity contribution in [2.75, 3.05) is 10.6 Å². The smallest absolute Gasteiger partial charge is 0.211 e. The number of hydrogen-bond donors (Lipinski definition) is 3. The molecule has 3 N–H and O–H groups in total. The molecule has 2 atom stereocenters. The maximum Gasteiger partial charge on any atom is 0.211 e. The fourth-order valence-electron chi connectivity index (χ4n) is 5.05. The number of aromatic amines is 1. The van der Waals surface area contributed by atoms with Gasteiger partial charge in [0.2, 0.25) is 12.8 Å². The molecule has 3 aromatic rings. The van der Waals surface area contributed by atoms with Crippen LogP contribution in [0.4, 0.5) is 20.2 Å². The van der Waals surface area contributed by atoms with Crippen molar-refractivity contribution in [1.29, 1.82) is 0 Å². The number of fused-ring (bicyclic) bond motifs is 5. The first-order chi connectivity index (χ1) is 14.6. The normalized spacial score (nSPS) is 18.9. The summed E-state index contributed by atoms with van der Waals surface area (Å²) in [5.41, 5.74) is 6.04. The summed E-state index contributed by atoms with van der Waals surface area (Å²) in [7, 11) is 0. The lowest BCUT2D eigenvalue weighted by Crippen LogP contribution is -1.99. The molecule has 1 aromatic heterocycles. The van der Waals surface area contributed by atoms with Gasteiger partial charge in [0.25, 0.3) is 0 Å². The van der Waals surface area contributed by atoms with E-state index in [0.29, 0.717) is 24.7 Å². The van der Waals surface area contributed by atoms with Gasteiger partial charge in [-0.05, 0) is 78.6 Å². The molecule has 2 aliphatic carbocycles. The summed E-state index contributed by atoms with van der Waals surface area (Å²) in [6.07, 6.45) is 4.18. The van der Waals surface area contributed by atoms with Gasteiger partial charge in [0.05, 0.1) is 11.4 Å². The van der Waals surface area contributed by atoms with Gasteiger partial charge in [-0.25, -0.2) is 8.78 Å². The van der Waals surface area contributed by atoms with E-state index in [-0.39, 0.29) is 11.4 Å². The van der Waals surface area contributed by atoms with Crippen LogP contribution < -0.4 is 10.6 Å². The maximum absolute atomic E-state index is 14.0. The number of hydrogen-bond acceptors (Lipinski definition) is 2. The van der Waals surface area contributed by atoms with Crippen LogP contribution in [0.5, 0.6) is 0 Å². The van der Waals surface area contributed by atoms with Crippen molar-refractivity contribution in [3.63, 3.8) is 0 Å². The monoisotopic (exact) mass is 407 g/mol. The quantitative estimate of drug-likeness (QED) is 0.496. The number of aromatic nitrogens is 1. The van der Waals surface area contributed by atoms with E-state index in [9.17, 15) is 18.4 Å². The van der Waals surface area contributed by atoms with Gasteiger partial charge in [0.1, 0.15) is 11.6 Å². The van der Waals surface area contributed by atoms with Crippen molar-refractivity contribution in [2.45, 2.75) is 31.1 Å². The predicted octanol–water partition coefficient (Wildman–Crippen LogP) is 5.13. The average molecular weight is 407 g/mol. The minimum absolute atomic E-state index is 0.120. The highest BCUT2D eigenvalue weighted by molar-refractivity contribution is 5.83. The lowest BCUT2D eigenvalue weighted by Gasteiger charge is -2.14. The molecule has 1 saturated carbocycles. The number of amides is 2. The van der Waals surface area contributed by atoms with Crippen molar-refractivity contribution in [3.05, 3.63) is 59.2 Å². The van der Waals surface area contributed by atoms with Crippen molar-refractivity contribution in [1.82, 2.24) is 4.98 Å². The first-order valence-electron chi connectivity index (χ1n) is 9.86. The largest absolute Gasteiger partial charge is 0.354 e. The second kappa shape index (κ2) is 7.09. The van der Waals surface area contributed by atoms with Gasteiger partial charge in [0, 0.05) is 22.5 Å². The SMILES string of the molecule is O=CNc1cc(-c2[nH]c(-c3ccc(F)c(NC=O)c3)c3c2[C@@H]2CC[C@H]3C2)ccc1F. The average Bonchev–Trinajstić information content (AvgIpc) is 3.45. The Hall–Kier alpha value is -3.48. The Kier molecular flexibility index (Phi) is 4.38. The van der Waals surface area contributed by atoms with E-state index in [1.54, 1.807) is 24.3 Å². The summed E-state index contributed by atoms with van der Waals surface area (Å²) in [5, 5.41) is 4.80. The minimum atomic E-state index is -0.501. The molecule has 0 saturated heterocycles. The van der Waals surface area contributed by atoms with Crippen LogP contribution in [0.15, 0.2) is 36.4 Å². The number of carbonyl (C=O) groups excluding carboxylic acids is 2. The van der Waals surface area contributed by atoms with Gasteiger partial charge in [-0.15, -0.1) is 0 Å². The van der Waals surface area contributed by atoms with Crippen LogP contribution in [0.1, 0.15) is 42.2 Å². The van der Waals surface area contributed by atoms with Gasteiger partial charge >= 0.3 is 0 Å². The summed E-state index contributed by atoms with van der Waals surface area (Å²) in [4.78, 5) is 25.1. The molecule has 1 fully saturated rings. The van der Waals surface area contributed by atoms with E-state index in [4.69, 9.17) is 0 Å². The molecular formula is C23H19F2N3O2. The number of carbonyl (C=O) groups is 2. The van der Waals surface area contributed by atoms with E-state index in [1.165, 1.54) is 23.3 Å². The molecule has 7 heteroatoms. The summed E-state index contributed by atoms with van der Waals surface area (Å²) < 4.78 is 28.0. The molecular weight excluding hydrogens is 388 g/mol. The molecule has 152 valence electrons. The molecule has 2 bridgehead atoms. The second-order valence-corrected chi connectivity index (χ2v) is 7.82. The van der Waals surface area contributed by atoms with Crippen molar-refractivity contribution in [3.8, 4) is 22.5 Å². The lowest BCUT2D eigenvalue weighted by molar-refractivity contribution is -0.106. The van der Waals surface area contributed by atoms with Crippen molar-refractivity contribution in [2.24, 2.45) is 0 Å². The zero-order chi connectivity index (χ0) is 20.8. The number of benzene rings is 2. The molecule has 0 radical (unpaired) electrons. The van der Waals surface area contributed by atoms with Crippen LogP contribution >= 0.6 is 0 Å². The van der Waals surface area contributed by atoms with Gasteiger partial charge in [-0.2, -0.15) is 0 Å². The zero-order valence-electron chi connectivity index (χ0n) is 16.0. The summed E-state index contributed by atoms with van der Waals surface area (Å²) in [5.74, 6) is -0.158. The van der Waals surface area contributed by atoms with E-state index >= 15 is 0 Å². The first kappa shape index (κ1) is 18.5. The Labute approximate surface area is 171 Å². The van der Waals surface area contributed by atoms with E-state index in [1.807, 2.05) is 0 Å². The third kappa shape index (κ3) is 2.81. The lowest BCUT2D eigenvalue weighted by atomic mass is 9.89. The Bertz CT molecular complexity index is 1080. The van der Waals surface area contributed by atoms with Gasteiger partial charge in [0.15, 0.2) is 0 Å². The molecule has 2 aromatic carbocycles. The Morgan fingerprint density at radius 2 is 1.27 bits per heavy atom. The zero-order valence-corrected chi connectivity index (χ0v) is 16.0. The molecule has 0 aliphatic heterocycles. The number of nitrogens with one attached hydrogen (secondary N) is 3. The maximum atomic E-state index is 14.0.